The van der Waals surface area contributed by atoms with Crippen molar-refractivity contribution >= 4 is 42.5 Å². The van der Waals surface area contributed by atoms with Gasteiger partial charge in [-0.25, -0.2) is 0 Å². The van der Waals surface area contributed by atoms with Crippen LogP contribution in [0.3, 0.4) is 0 Å². The number of halogens is 2. The molecular formula is C27H43Cl2N5O3. The molecular weight excluding hydrogens is 513 g/mol. The van der Waals surface area contributed by atoms with Crippen molar-refractivity contribution in [3.63, 3.8) is 0 Å². The minimum Gasteiger partial charge on any atom is -0.350 e. The first-order valence-corrected chi connectivity index (χ1v) is 13.3. The highest BCUT2D eigenvalue weighted by molar-refractivity contribution is 5.93. The van der Waals surface area contributed by atoms with Crippen molar-refractivity contribution in [3.8, 4) is 0 Å². The molecule has 2 aliphatic heterocycles. The molecule has 1 unspecified atom stereocenters. The van der Waals surface area contributed by atoms with Crippen LogP contribution in [-0.4, -0.2) is 78.4 Å². The Morgan fingerprint density at radius 3 is 2.35 bits per heavy atom. The summed E-state index contributed by atoms with van der Waals surface area (Å²) in [6, 6.07) is 8.60. The molecule has 1 saturated carbocycles. The fourth-order valence-corrected chi connectivity index (χ4v) is 5.82. The van der Waals surface area contributed by atoms with Crippen LogP contribution in [0.15, 0.2) is 30.3 Å². The highest BCUT2D eigenvalue weighted by atomic mass is 35.5. The van der Waals surface area contributed by atoms with E-state index in [1.165, 1.54) is 6.42 Å². The monoisotopic (exact) mass is 555 g/mol. The van der Waals surface area contributed by atoms with Crippen molar-refractivity contribution in [2.45, 2.75) is 82.6 Å². The van der Waals surface area contributed by atoms with Crippen LogP contribution in [0.5, 0.6) is 0 Å². The number of benzene rings is 1. The predicted molar refractivity (Wildman–Crippen MR) is 150 cm³/mol. The molecule has 4 atom stereocenters. The van der Waals surface area contributed by atoms with Gasteiger partial charge in [0.2, 0.25) is 17.7 Å². The van der Waals surface area contributed by atoms with E-state index in [9.17, 15) is 14.4 Å². The van der Waals surface area contributed by atoms with Crippen molar-refractivity contribution in [1.29, 1.82) is 0 Å². The normalized spacial score (nSPS) is 23.6. The molecule has 2 heterocycles. The highest BCUT2D eigenvalue weighted by Crippen LogP contribution is 2.30. The molecule has 3 N–H and O–H groups in total. The van der Waals surface area contributed by atoms with E-state index in [0.717, 1.165) is 50.6 Å². The van der Waals surface area contributed by atoms with E-state index in [4.69, 9.17) is 0 Å². The van der Waals surface area contributed by atoms with Gasteiger partial charge in [0.05, 0.1) is 6.04 Å². The lowest BCUT2D eigenvalue weighted by atomic mass is 9.82. The summed E-state index contributed by atoms with van der Waals surface area (Å²) in [6.07, 6.45) is 7.31. The first kappa shape index (κ1) is 31.3. The first-order valence-electron chi connectivity index (χ1n) is 13.3. The number of hydrogen-bond donors (Lipinski definition) is 3. The second-order valence-corrected chi connectivity index (χ2v) is 10.4. The smallest absolute Gasteiger partial charge is 0.246 e. The number of fused-ring (bicyclic) bond motifs is 1. The molecule has 0 bridgehead atoms. The van der Waals surface area contributed by atoms with E-state index in [-0.39, 0.29) is 60.5 Å². The van der Waals surface area contributed by atoms with Crippen LogP contribution in [0.4, 0.5) is 0 Å². The zero-order valence-corrected chi connectivity index (χ0v) is 23.6. The second-order valence-electron chi connectivity index (χ2n) is 10.4. The van der Waals surface area contributed by atoms with Crippen LogP contribution in [0.1, 0.15) is 57.4 Å². The molecule has 10 heteroatoms. The minimum absolute atomic E-state index is 0. The quantitative estimate of drug-likeness (QED) is 0.458. The number of likely N-dealkylation sites (N-methyl/N-ethyl adjacent to an activating group) is 1. The Labute approximate surface area is 233 Å². The number of rotatable bonds is 8. The van der Waals surface area contributed by atoms with Crippen molar-refractivity contribution in [2.75, 3.05) is 26.7 Å². The van der Waals surface area contributed by atoms with E-state index in [0.29, 0.717) is 19.6 Å². The first-order chi connectivity index (χ1) is 17.0. The van der Waals surface area contributed by atoms with Gasteiger partial charge in [-0.2, -0.15) is 0 Å². The van der Waals surface area contributed by atoms with Crippen molar-refractivity contribution < 1.29 is 14.4 Å². The predicted octanol–water partition coefficient (Wildman–Crippen LogP) is 2.49. The maximum atomic E-state index is 14.1. The summed E-state index contributed by atoms with van der Waals surface area (Å²) in [5.41, 5.74) is 1.03. The van der Waals surface area contributed by atoms with Gasteiger partial charge >= 0.3 is 0 Å². The molecule has 3 fully saturated rings. The van der Waals surface area contributed by atoms with E-state index in [1.807, 2.05) is 30.3 Å². The van der Waals surface area contributed by atoms with Gasteiger partial charge in [-0.3, -0.25) is 19.3 Å². The minimum atomic E-state index is -0.587. The van der Waals surface area contributed by atoms with Crippen molar-refractivity contribution in [1.82, 2.24) is 25.8 Å². The number of piperazine rings is 1. The Balaban J connectivity index is 0.00000241. The number of nitrogens with zero attached hydrogens (tertiary/aromatic N) is 2. The molecule has 1 aliphatic carbocycles. The van der Waals surface area contributed by atoms with E-state index >= 15 is 0 Å². The molecule has 0 spiro atoms. The summed E-state index contributed by atoms with van der Waals surface area (Å²) in [5, 5.41) is 9.11. The Morgan fingerprint density at radius 1 is 0.973 bits per heavy atom. The topological polar surface area (TPSA) is 93.8 Å². The molecule has 2 saturated heterocycles. The molecule has 8 nitrogen and oxygen atoms in total. The summed E-state index contributed by atoms with van der Waals surface area (Å²) in [7, 11) is 1.74. The van der Waals surface area contributed by atoms with E-state index in [1.54, 1.807) is 18.9 Å². The van der Waals surface area contributed by atoms with E-state index in [2.05, 4.69) is 20.9 Å². The average Bonchev–Trinajstić information content (AvgIpc) is 3.37. The lowest BCUT2D eigenvalue weighted by Gasteiger charge is -2.45. The van der Waals surface area contributed by atoms with Gasteiger partial charge in [-0.1, -0.05) is 49.6 Å². The third kappa shape index (κ3) is 7.82. The van der Waals surface area contributed by atoms with Crippen LogP contribution in [0.25, 0.3) is 0 Å². The van der Waals surface area contributed by atoms with E-state index < -0.39 is 12.1 Å². The Bertz CT molecular complexity index is 884. The molecule has 3 aliphatic rings. The van der Waals surface area contributed by atoms with Crippen molar-refractivity contribution in [2.24, 2.45) is 5.92 Å². The zero-order chi connectivity index (χ0) is 24.8. The van der Waals surface area contributed by atoms with Gasteiger partial charge in [0.1, 0.15) is 12.1 Å². The largest absolute Gasteiger partial charge is 0.350 e. The lowest BCUT2D eigenvalue weighted by molar-refractivity contribution is -0.149. The van der Waals surface area contributed by atoms with Gasteiger partial charge in [0.15, 0.2) is 0 Å². The second kappa shape index (κ2) is 14.9. The summed E-state index contributed by atoms with van der Waals surface area (Å²) < 4.78 is 0. The molecule has 0 radical (unpaired) electrons. The average molecular weight is 557 g/mol. The summed E-state index contributed by atoms with van der Waals surface area (Å²) >= 11 is 0. The summed E-state index contributed by atoms with van der Waals surface area (Å²) in [5.74, 6) is -0.273. The molecule has 37 heavy (non-hydrogen) atoms. The molecule has 4 rings (SSSR count). The fraction of sp³-hybridized carbons (Fsp3) is 0.667. The summed E-state index contributed by atoms with van der Waals surface area (Å²) in [6.45, 7) is 4.30. The standard InChI is InChI=1S/C27H41N5O3.2ClH/c1-19(28-2)25(33)30-24(21-12-7-4-8-13-21)27(35)32-17-22-14-9-15-31(22)18-23(32)26(34)29-16-20-10-5-3-6-11-20;;/h3,5-6,10-11,19,21-24,28H,4,7-9,12-18H2,1-2H3,(H,29,34)(H,30,33);2*1H/t19-,22+,23?,24-;;/m0../s1. The Morgan fingerprint density at radius 2 is 1.68 bits per heavy atom. The summed E-state index contributed by atoms with van der Waals surface area (Å²) in [4.78, 5) is 44.5. The van der Waals surface area contributed by atoms with Crippen LogP contribution < -0.4 is 16.0 Å². The van der Waals surface area contributed by atoms with Crippen LogP contribution in [-0.2, 0) is 20.9 Å². The van der Waals surface area contributed by atoms with Crippen LogP contribution in [0, 0.1) is 5.92 Å². The maximum Gasteiger partial charge on any atom is 0.246 e. The highest BCUT2D eigenvalue weighted by Gasteiger charge is 2.45. The Hall–Kier alpha value is -1.87. The SMILES string of the molecule is CN[C@@H](C)C(=O)N[C@H](C(=O)N1C[C@H]2CCCN2CC1C(=O)NCc1ccccc1)C1CCCCC1.Cl.Cl. The molecule has 1 aromatic rings. The number of amides is 3. The molecule has 0 aromatic heterocycles. The van der Waals surface area contributed by atoms with Gasteiger partial charge < -0.3 is 20.9 Å². The molecule has 208 valence electrons. The maximum absolute atomic E-state index is 14.1. The Kier molecular flexibility index (Phi) is 12.6. The van der Waals surface area contributed by atoms with Gasteiger partial charge in [0.25, 0.3) is 0 Å². The van der Waals surface area contributed by atoms with Crippen molar-refractivity contribution in [3.05, 3.63) is 35.9 Å². The van der Waals surface area contributed by atoms with Gasteiger partial charge in [-0.15, -0.1) is 24.8 Å². The molecule has 3 amide bonds. The van der Waals surface area contributed by atoms with Crippen LogP contribution in [0.2, 0.25) is 0 Å². The third-order valence-corrected chi connectivity index (χ3v) is 8.10. The third-order valence-electron chi connectivity index (χ3n) is 8.10. The fourth-order valence-electron chi connectivity index (χ4n) is 5.82. The van der Waals surface area contributed by atoms with Gasteiger partial charge in [0, 0.05) is 25.7 Å². The van der Waals surface area contributed by atoms with Crippen LogP contribution >= 0.6 is 24.8 Å². The number of nitrogens with one attached hydrogen (secondary N) is 3. The number of hydrogen-bond acceptors (Lipinski definition) is 5. The van der Waals surface area contributed by atoms with Gasteiger partial charge in [-0.05, 0) is 57.7 Å². The molecule has 1 aromatic carbocycles. The number of carbonyl (C=O) groups is 3. The lowest BCUT2D eigenvalue weighted by Crippen LogP contribution is -2.66. The number of carbonyl (C=O) groups excluding carboxylic acids is 3. The zero-order valence-electron chi connectivity index (χ0n) is 22.0.